The Balaban J connectivity index is 2.28. The second kappa shape index (κ2) is 6.04. The topological polar surface area (TPSA) is 9.23 Å². The zero-order valence-corrected chi connectivity index (χ0v) is 13.0. The number of halogens is 4. The lowest BCUT2D eigenvalue weighted by Crippen LogP contribution is -1.89. The lowest BCUT2D eigenvalue weighted by molar-refractivity contribution is 0.442. The molecule has 0 radical (unpaired) electrons. The molecule has 0 aliphatic heterocycles. The van der Waals surface area contributed by atoms with Crippen LogP contribution in [0.3, 0.4) is 0 Å². The fourth-order valence-corrected chi connectivity index (χ4v) is 2.61. The van der Waals surface area contributed by atoms with Gasteiger partial charge in [0.25, 0.3) is 0 Å². The molecule has 94 valence electrons. The molecule has 1 nitrogen and oxygen atoms in total. The number of rotatable bonds is 3. The number of alkyl halides is 1. The van der Waals surface area contributed by atoms with E-state index in [4.69, 9.17) is 16.3 Å². The van der Waals surface area contributed by atoms with Crippen molar-refractivity contribution in [1.29, 1.82) is 0 Å². The molecule has 0 heterocycles. The van der Waals surface area contributed by atoms with E-state index in [1.165, 1.54) is 6.07 Å². The molecule has 2 rings (SSSR count). The van der Waals surface area contributed by atoms with Crippen LogP contribution in [-0.2, 0) is 5.33 Å². The Labute approximate surface area is 126 Å². The van der Waals surface area contributed by atoms with Gasteiger partial charge in [-0.1, -0.05) is 49.5 Å². The van der Waals surface area contributed by atoms with Crippen LogP contribution in [0.5, 0.6) is 11.5 Å². The van der Waals surface area contributed by atoms with Gasteiger partial charge in [-0.05, 0) is 35.9 Å². The van der Waals surface area contributed by atoms with Gasteiger partial charge < -0.3 is 4.74 Å². The van der Waals surface area contributed by atoms with Crippen LogP contribution in [0.2, 0.25) is 5.02 Å². The van der Waals surface area contributed by atoms with E-state index >= 15 is 0 Å². The average Bonchev–Trinajstić information content (AvgIpc) is 2.34. The number of hydrogen-bond acceptors (Lipinski definition) is 1. The summed E-state index contributed by atoms with van der Waals surface area (Å²) in [5.41, 5.74) is 0.957. The van der Waals surface area contributed by atoms with Crippen molar-refractivity contribution >= 4 is 43.5 Å². The van der Waals surface area contributed by atoms with E-state index in [1.807, 2.05) is 6.07 Å². The van der Waals surface area contributed by atoms with Gasteiger partial charge in [-0.15, -0.1) is 0 Å². The molecule has 2 aromatic carbocycles. The fraction of sp³-hybridized carbons (Fsp3) is 0.0769. The number of benzene rings is 2. The van der Waals surface area contributed by atoms with E-state index in [0.29, 0.717) is 16.1 Å². The van der Waals surface area contributed by atoms with Crippen molar-refractivity contribution in [3.8, 4) is 11.5 Å². The monoisotopic (exact) mass is 392 g/mol. The normalized spacial score (nSPS) is 10.4. The molecule has 0 fully saturated rings. The Morgan fingerprint density at radius 3 is 2.61 bits per heavy atom. The van der Waals surface area contributed by atoms with Crippen LogP contribution in [0, 0.1) is 5.82 Å². The Morgan fingerprint density at radius 1 is 1.17 bits per heavy atom. The predicted octanol–water partition coefficient (Wildman–Crippen LogP) is 5.93. The van der Waals surface area contributed by atoms with Crippen molar-refractivity contribution < 1.29 is 9.13 Å². The van der Waals surface area contributed by atoms with Gasteiger partial charge in [-0.25, -0.2) is 4.39 Å². The summed E-state index contributed by atoms with van der Waals surface area (Å²) in [4.78, 5) is 0. The Morgan fingerprint density at radius 2 is 1.94 bits per heavy atom. The molecule has 0 saturated carbocycles. The lowest BCUT2D eigenvalue weighted by Gasteiger charge is -2.09. The third-order valence-electron chi connectivity index (χ3n) is 2.29. The molecule has 0 atom stereocenters. The van der Waals surface area contributed by atoms with E-state index in [9.17, 15) is 4.39 Å². The average molecular weight is 394 g/mol. The molecular weight excluding hydrogens is 386 g/mol. The quantitative estimate of drug-likeness (QED) is 0.587. The first kappa shape index (κ1) is 13.8. The molecule has 0 N–H and O–H groups in total. The van der Waals surface area contributed by atoms with Crippen molar-refractivity contribution in [1.82, 2.24) is 0 Å². The SMILES string of the molecule is Fc1ccc(Br)cc1Oc1ccc(CBr)c(Cl)c1. The van der Waals surface area contributed by atoms with Crippen LogP contribution in [0.1, 0.15) is 5.56 Å². The second-order valence-electron chi connectivity index (χ2n) is 3.56. The molecule has 0 amide bonds. The van der Waals surface area contributed by atoms with Gasteiger partial charge in [0.1, 0.15) is 5.75 Å². The van der Waals surface area contributed by atoms with Crippen molar-refractivity contribution in [2.24, 2.45) is 0 Å². The molecule has 0 spiro atoms. The molecule has 0 saturated heterocycles. The molecule has 0 aromatic heterocycles. The summed E-state index contributed by atoms with van der Waals surface area (Å²) in [6, 6.07) is 9.78. The zero-order chi connectivity index (χ0) is 13.1. The van der Waals surface area contributed by atoms with Crippen molar-refractivity contribution in [3.63, 3.8) is 0 Å². The van der Waals surface area contributed by atoms with Crippen molar-refractivity contribution in [3.05, 3.63) is 57.3 Å². The van der Waals surface area contributed by atoms with Crippen LogP contribution >= 0.6 is 43.5 Å². The highest BCUT2D eigenvalue weighted by Gasteiger charge is 2.07. The molecule has 0 unspecified atom stereocenters. The molecular formula is C13H8Br2ClFO. The summed E-state index contributed by atoms with van der Waals surface area (Å²) in [5.74, 6) is 0.243. The smallest absolute Gasteiger partial charge is 0.165 e. The number of hydrogen-bond donors (Lipinski definition) is 0. The lowest BCUT2D eigenvalue weighted by atomic mass is 10.2. The highest BCUT2D eigenvalue weighted by Crippen LogP contribution is 2.30. The fourth-order valence-electron chi connectivity index (χ4n) is 1.38. The largest absolute Gasteiger partial charge is 0.454 e. The van der Waals surface area contributed by atoms with Gasteiger partial charge in [0.2, 0.25) is 0 Å². The number of ether oxygens (including phenoxy) is 1. The second-order valence-corrected chi connectivity index (χ2v) is 5.45. The van der Waals surface area contributed by atoms with E-state index in [0.717, 1.165) is 10.0 Å². The van der Waals surface area contributed by atoms with Gasteiger partial charge in [0, 0.05) is 14.8 Å². The van der Waals surface area contributed by atoms with Crippen LogP contribution in [-0.4, -0.2) is 0 Å². The minimum Gasteiger partial charge on any atom is -0.454 e. The summed E-state index contributed by atoms with van der Waals surface area (Å²) in [7, 11) is 0. The third kappa shape index (κ3) is 3.25. The third-order valence-corrected chi connectivity index (χ3v) is 3.74. The minimum absolute atomic E-state index is 0.159. The molecule has 18 heavy (non-hydrogen) atoms. The first-order chi connectivity index (χ1) is 8.60. The van der Waals surface area contributed by atoms with E-state index in [-0.39, 0.29) is 5.75 Å². The predicted molar refractivity (Wildman–Crippen MR) is 78.3 cm³/mol. The molecule has 0 aliphatic carbocycles. The van der Waals surface area contributed by atoms with Gasteiger partial charge in [-0.3, -0.25) is 0 Å². The maximum Gasteiger partial charge on any atom is 0.165 e. The molecule has 0 aliphatic rings. The standard InChI is InChI=1S/C13H8Br2ClFO/c14-7-8-1-3-10(6-11(8)16)18-13-5-9(15)2-4-12(13)17/h1-6H,7H2. The summed E-state index contributed by atoms with van der Waals surface area (Å²) >= 11 is 12.7. The van der Waals surface area contributed by atoms with E-state index in [2.05, 4.69) is 31.9 Å². The van der Waals surface area contributed by atoms with Crippen LogP contribution in [0.4, 0.5) is 4.39 Å². The Hall–Kier alpha value is -0.580. The van der Waals surface area contributed by atoms with Crippen molar-refractivity contribution in [2.75, 3.05) is 0 Å². The van der Waals surface area contributed by atoms with Gasteiger partial charge >= 0.3 is 0 Å². The van der Waals surface area contributed by atoms with Gasteiger partial charge in [0.05, 0.1) is 0 Å². The highest BCUT2D eigenvalue weighted by molar-refractivity contribution is 9.10. The molecule has 5 heteroatoms. The van der Waals surface area contributed by atoms with E-state index < -0.39 is 5.82 Å². The first-order valence-electron chi connectivity index (χ1n) is 5.07. The molecule has 0 bridgehead atoms. The summed E-state index contributed by atoms with van der Waals surface area (Å²) in [5, 5.41) is 1.25. The van der Waals surface area contributed by atoms with Crippen molar-refractivity contribution in [2.45, 2.75) is 5.33 Å². The summed E-state index contributed by atoms with van der Waals surface area (Å²) in [6.07, 6.45) is 0. The maximum absolute atomic E-state index is 13.5. The van der Waals surface area contributed by atoms with E-state index in [1.54, 1.807) is 24.3 Å². The Bertz CT molecular complexity index is 575. The maximum atomic E-state index is 13.5. The minimum atomic E-state index is -0.418. The van der Waals surface area contributed by atoms with Crippen LogP contribution < -0.4 is 4.74 Å². The zero-order valence-electron chi connectivity index (χ0n) is 9.09. The highest BCUT2D eigenvalue weighted by atomic mass is 79.9. The van der Waals surface area contributed by atoms with Gasteiger partial charge in [-0.2, -0.15) is 0 Å². The van der Waals surface area contributed by atoms with Gasteiger partial charge in [0.15, 0.2) is 11.6 Å². The first-order valence-corrected chi connectivity index (χ1v) is 7.36. The summed E-state index contributed by atoms with van der Waals surface area (Å²) < 4.78 is 19.7. The van der Waals surface area contributed by atoms with Crippen LogP contribution in [0.15, 0.2) is 40.9 Å². The summed E-state index contributed by atoms with van der Waals surface area (Å²) in [6.45, 7) is 0. The Kier molecular flexibility index (Phi) is 4.65. The van der Waals surface area contributed by atoms with Crippen LogP contribution in [0.25, 0.3) is 0 Å². The molecule has 2 aromatic rings.